The number of rotatable bonds is 8. The Morgan fingerprint density at radius 1 is 1.35 bits per heavy atom. The summed E-state index contributed by atoms with van der Waals surface area (Å²) in [7, 11) is 1.97. The van der Waals surface area contributed by atoms with Crippen molar-refractivity contribution in [3.8, 4) is 5.75 Å². The molecule has 0 aliphatic carbocycles. The minimum atomic E-state index is 0.330. The molecule has 96 valence electrons. The normalized spacial score (nSPS) is 12.4. The number of thioether (sulfide) groups is 1. The number of nitrogens with one attached hydrogen (secondary N) is 1. The first-order chi connectivity index (χ1) is 8.29. The third-order valence-electron chi connectivity index (χ3n) is 2.71. The second kappa shape index (κ2) is 8.43. The Bertz CT molecular complexity index is 317. The summed E-state index contributed by atoms with van der Waals surface area (Å²) in [6.07, 6.45) is 1.11. The summed E-state index contributed by atoms with van der Waals surface area (Å²) in [6, 6.07) is 8.59. The Morgan fingerprint density at radius 3 is 2.82 bits per heavy atom. The van der Waals surface area contributed by atoms with Crippen molar-refractivity contribution in [1.82, 2.24) is 5.32 Å². The molecule has 0 radical (unpaired) electrons. The van der Waals surface area contributed by atoms with Gasteiger partial charge in [-0.25, -0.2) is 0 Å². The van der Waals surface area contributed by atoms with Crippen molar-refractivity contribution >= 4 is 11.8 Å². The number of ether oxygens (including phenoxy) is 1. The average molecular weight is 253 g/mol. The van der Waals surface area contributed by atoms with E-state index in [1.54, 1.807) is 0 Å². The highest BCUT2D eigenvalue weighted by molar-refractivity contribution is 7.99. The lowest BCUT2D eigenvalue weighted by molar-refractivity contribution is 0.312. The molecule has 17 heavy (non-hydrogen) atoms. The third kappa shape index (κ3) is 5.00. The molecule has 1 unspecified atom stereocenters. The Balaban J connectivity index is 2.46. The molecule has 0 amide bonds. The Kier molecular flexibility index (Phi) is 7.13. The highest BCUT2D eigenvalue weighted by atomic mass is 32.2. The second-order valence-electron chi connectivity index (χ2n) is 3.95. The monoisotopic (exact) mass is 253 g/mol. The van der Waals surface area contributed by atoms with Gasteiger partial charge in [0.15, 0.2) is 0 Å². The molecular weight excluding hydrogens is 230 g/mol. The van der Waals surface area contributed by atoms with Crippen molar-refractivity contribution in [3.63, 3.8) is 0 Å². The SMILES string of the molecule is CCSCCCOc1ccccc1C(C)NC. The first-order valence-corrected chi connectivity index (χ1v) is 7.41. The molecule has 1 N–H and O–H groups in total. The van der Waals surface area contributed by atoms with Gasteiger partial charge < -0.3 is 10.1 Å². The van der Waals surface area contributed by atoms with Crippen LogP contribution >= 0.6 is 11.8 Å². The summed E-state index contributed by atoms with van der Waals surface area (Å²) in [5.74, 6) is 3.38. The van der Waals surface area contributed by atoms with Crippen LogP contribution < -0.4 is 10.1 Å². The maximum atomic E-state index is 5.85. The summed E-state index contributed by atoms with van der Waals surface area (Å²) in [5.41, 5.74) is 1.23. The van der Waals surface area contributed by atoms with Crippen LogP contribution in [0.3, 0.4) is 0 Å². The van der Waals surface area contributed by atoms with Crippen molar-refractivity contribution in [2.24, 2.45) is 0 Å². The number of hydrogen-bond acceptors (Lipinski definition) is 3. The number of hydrogen-bond donors (Lipinski definition) is 1. The van der Waals surface area contributed by atoms with E-state index in [-0.39, 0.29) is 0 Å². The van der Waals surface area contributed by atoms with E-state index in [0.717, 1.165) is 18.8 Å². The molecule has 0 saturated carbocycles. The van der Waals surface area contributed by atoms with Crippen LogP contribution in [0.5, 0.6) is 5.75 Å². The van der Waals surface area contributed by atoms with E-state index < -0.39 is 0 Å². The van der Waals surface area contributed by atoms with Gasteiger partial charge in [0.05, 0.1) is 6.61 Å². The Labute approximate surface area is 109 Å². The Morgan fingerprint density at radius 2 is 2.12 bits per heavy atom. The number of benzene rings is 1. The number of para-hydroxylation sites is 1. The summed E-state index contributed by atoms with van der Waals surface area (Å²) in [4.78, 5) is 0. The van der Waals surface area contributed by atoms with Crippen molar-refractivity contribution in [3.05, 3.63) is 29.8 Å². The van der Waals surface area contributed by atoms with Crippen molar-refractivity contribution < 1.29 is 4.74 Å². The van der Waals surface area contributed by atoms with E-state index in [1.165, 1.54) is 17.1 Å². The van der Waals surface area contributed by atoms with Crippen LogP contribution in [-0.2, 0) is 0 Å². The van der Waals surface area contributed by atoms with E-state index in [2.05, 4.69) is 37.4 Å². The lowest BCUT2D eigenvalue weighted by atomic mass is 10.1. The van der Waals surface area contributed by atoms with Crippen molar-refractivity contribution in [1.29, 1.82) is 0 Å². The summed E-state index contributed by atoms with van der Waals surface area (Å²) in [6.45, 7) is 5.14. The molecule has 0 saturated heterocycles. The molecule has 1 aromatic carbocycles. The molecule has 0 spiro atoms. The zero-order valence-electron chi connectivity index (χ0n) is 11.0. The van der Waals surface area contributed by atoms with E-state index in [1.807, 2.05) is 24.9 Å². The third-order valence-corrected chi connectivity index (χ3v) is 3.70. The lowest BCUT2D eigenvalue weighted by Crippen LogP contribution is -2.14. The standard InChI is InChI=1S/C14H23NOS/c1-4-17-11-7-10-16-14-9-6-5-8-13(14)12(2)15-3/h5-6,8-9,12,15H,4,7,10-11H2,1-3H3. The summed E-state index contributed by atoms with van der Waals surface area (Å²) in [5, 5.41) is 3.25. The average Bonchev–Trinajstić information content (AvgIpc) is 2.38. The molecule has 3 heteroatoms. The van der Waals surface area contributed by atoms with Gasteiger partial charge in [-0.3, -0.25) is 0 Å². The van der Waals surface area contributed by atoms with E-state index >= 15 is 0 Å². The van der Waals surface area contributed by atoms with Crippen LogP contribution in [0.2, 0.25) is 0 Å². The lowest BCUT2D eigenvalue weighted by Gasteiger charge is -2.16. The van der Waals surface area contributed by atoms with Crippen molar-refractivity contribution in [2.75, 3.05) is 25.2 Å². The van der Waals surface area contributed by atoms with E-state index in [4.69, 9.17) is 4.74 Å². The fraction of sp³-hybridized carbons (Fsp3) is 0.571. The van der Waals surface area contributed by atoms with Crippen LogP contribution in [0.1, 0.15) is 31.9 Å². The molecular formula is C14H23NOS. The van der Waals surface area contributed by atoms with Gasteiger partial charge in [-0.1, -0.05) is 25.1 Å². The van der Waals surface area contributed by atoms with Gasteiger partial charge in [-0.05, 0) is 38.0 Å². The van der Waals surface area contributed by atoms with E-state index in [0.29, 0.717) is 6.04 Å². The molecule has 0 bridgehead atoms. The van der Waals surface area contributed by atoms with Crippen LogP contribution in [0.25, 0.3) is 0 Å². The molecule has 2 nitrogen and oxygen atoms in total. The van der Waals surface area contributed by atoms with Gasteiger partial charge in [-0.15, -0.1) is 0 Å². The molecule has 0 heterocycles. The maximum absolute atomic E-state index is 5.85. The van der Waals surface area contributed by atoms with Crippen molar-refractivity contribution in [2.45, 2.75) is 26.3 Å². The first-order valence-electron chi connectivity index (χ1n) is 6.26. The minimum absolute atomic E-state index is 0.330. The van der Waals surface area contributed by atoms with Gasteiger partial charge in [0.25, 0.3) is 0 Å². The minimum Gasteiger partial charge on any atom is -0.493 e. The summed E-state index contributed by atoms with van der Waals surface area (Å²) >= 11 is 1.97. The highest BCUT2D eigenvalue weighted by Crippen LogP contribution is 2.24. The molecule has 1 rings (SSSR count). The molecule has 0 aliphatic rings. The van der Waals surface area contributed by atoms with Crippen LogP contribution in [0.4, 0.5) is 0 Å². The Hall–Kier alpha value is -0.670. The highest BCUT2D eigenvalue weighted by Gasteiger charge is 2.08. The molecule has 1 atom stereocenters. The van der Waals surface area contributed by atoms with Crippen LogP contribution in [0.15, 0.2) is 24.3 Å². The van der Waals surface area contributed by atoms with E-state index in [9.17, 15) is 0 Å². The zero-order chi connectivity index (χ0) is 12.5. The van der Waals surface area contributed by atoms with Crippen LogP contribution in [-0.4, -0.2) is 25.2 Å². The zero-order valence-corrected chi connectivity index (χ0v) is 11.8. The van der Waals surface area contributed by atoms with Gasteiger partial charge >= 0.3 is 0 Å². The smallest absolute Gasteiger partial charge is 0.124 e. The predicted molar refractivity (Wildman–Crippen MR) is 77.0 cm³/mol. The quantitative estimate of drug-likeness (QED) is 0.717. The fourth-order valence-corrected chi connectivity index (χ4v) is 2.22. The maximum Gasteiger partial charge on any atom is 0.124 e. The molecule has 0 fully saturated rings. The summed E-state index contributed by atoms with van der Waals surface area (Å²) < 4.78 is 5.85. The van der Waals surface area contributed by atoms with Crippen LogP contribution in [0, 0.1) is 0 Å². The van der Waals surface area contributed by atoms with Gasteiger partial charge in [0.2, 0.25) is 0 Å². The van der Waals surface area contributed by atoms with Gasteiger partial charge in [0, 0.05) is 11.6 Å². The second-order valence-corrected chi connectivity index (χ2v) is 5.34. The largest absolute Gasteiger partial charge is 0.493 e. The molecule has 0 aromatic heterocycles. The first kappa shape index (κ1) is 14.4. The molecule has 0 aliphatic heterocycles. The fourth-order valence-electron chi connectivity index (χ4n) is 1.61. The molecule has 1 aromatic rings. The van der Waals surface area contributed by atoms with Gasteiger partial charge in [-0.2, -0.15) is 11.8 Å². The van der Waals surface area contributed by atoms with Gasteiger partial charge in [0.1, 0.15) is 5.75 Å². The predicted octanol–water partition coefficient (Wildman–Crippen LogP) is 3.49. The topological polar surface area (TPSA) is 21.3 Å².